The van der Waals surface area contributed by atoms with Gasteiger partial charge in [-0.2, -0.15) is 0 Å². The molecule has 94 valence electrons. The predicted octanol–water partition coefficient (Wildman–Crippen LogP) is 2.32. The summed E-state index contributed by atoms with van der Waals surface area (Å²) in [4.78, 5) is 11.6. The summed E-state index contributed by atoms with van der Waals surface area (Å²) in [6.45, 7) is 5.50. The Hall–Kier alpha value is -1.23. The van der Waals surface area contributed by atoms with E-state index in [1.54, 1.807) is 19.1 Å². The van der Waals surface area contributed by atoms with Crippen molar-refractivity contribution in [1.29, 1.82) is 0 Å². The minimum Gasteiger partial charge on any atom is -0.479 e. The zero-order chi connectivity index (χ0) is 13.0. The second-order valence-corrected chi connectivity index (χ2v) is 5.02. The van der Waals surface area contributed by atoms with Gasteiger partial charge in [0, 0.05) is 10.5 Å². The number of carbonyl (C=O) groups is 1. The van der Waals surface area contributed by atoms with Gasteiger partial charge in [-0.3, -0.25) is 4.79 Å². The van der Waals surface area contributed by atoms with Gasteiger partial charge in [-0.15, -0.1) is 0 Å². The second-order valence-electron chi connectivity index (χ2n) is 4.11. The molecule has 0 aromatic heterocycles. The lowest BCUT2D eigenvalue weighted by Crippen LogP contribution is -2.40. The van der Waals surface area contributed by atoms with Crippen molar-refractivity contribution in [2.45, 2.75) is 32.9 Å². The van der Waals surface area contributed by atoms with E-state index < -0.39 is 6.10 Å². The molecule has 0 aliphatic carbocycles. The van der Waals surface area contributed by atoms with Crippen LogP contribution in [0.25, 0.3) is 0 Å². The molecule has 1 amide bonds. The first-order chi connectivity index (χ1) is 7.90. The van der Waals surface area contributed by atoms with Crippen LogP contribution in [0.4, 0.5) is 5.69 Å². The van der Waals surface area contributed by atoms with Crippen molar-refractivity contribution in [3.05, 3.63) is 22.7 Å². The lowest BCUT2D eigenvalue weighted by Gasteiger charge is -2.17. The van der Waals surface area contributed by atoms with Crippen molar-refractivity contribution in [3.63, 3.8) is 0 Å². The van der Waals surface area contributed by atoms with Gasteiger partial charge in [-0.25, -0.2) is 0 Å². The molecule has 0 fully saturated rings. The number of rotatable bonds is 4. The summed E-state index contributed by atoms with van der Waals surface area (Å²) in [5, 5.41) is 2.78. The summed E-state index contributed by atoms with van der Waals surface area (Å²) in [5.41, 5.74) is 6.29. The van der Waals surface area contributed by atoms with Crippen molar-refractivity contribution in [1.82, 2.24) is 5.32 Å². The minimum atomic E-state index is -0.569. The second kappa shape index (κ2) is 5.91. The highest BCUT2D eigenvalue weighted by molar-refractivity contribution is 9.10. The van der Waals surface area contributed by atoms with Crippen LogP contribution in [-0.4, -0.2) is 18.1 Å². The molecule has 5 heteroatoms. The van der Waals surface area contributed by atoms with Gasteiger partial charge in [-0.1, -0.05) is 15.9 Å². The first-order valence-electron chi connectivity index (χ1n) is 5.42. The number of ether oxygens (including phenoxy) is 1. The Morgan fingerprint density at radius 3 is 2.59 bits per heavy atom. The molecule has 0 saturated heterocycles. The molecule has 4 nitrogen and oxygen atoms in total. The van der Waals surface area contributed by atoms with E-state index in [0.717, 1.165) is 4.47 Å². The number of carbonyl (C=O) groups excluding carboxylic acids is 1. The maximum atomic E-state index is 11.6. The quantitative estimate of drug-likeness (QED) is 0.839. The van der Waals surface area contributed by atoms with Gasteiger partial charge in [0.05, 0.1) is 5.69 Å². The number of amides is 1. The van der Waals surface area contributed by atoms with E-state index in [2.05, 4.69) is 21.2 Å². The summed E-state index contributed by atoms with van der Waals surface area (Å²) >= 11 is 3.31. The van der Waals surface area contributed by atoms with Gasteiger partial charge in [0.25, 0.3) is 5.91 Å². The third-order valence-corrected chi connectivity index (χ3v) is 2.57. The van der Waals surface area contributed by atoms with Gasteiger partial charge >= 0.3 is 0 Å². The fourth-order valence-corrected chi connectivity index (χ4v) is 1.65. The molecule has 1 aromatic carbocycles. The van der Waals surface area contributed by atoms with E-state index in [4.69, 9.17) is 10.5 Å². The van der Waals surface area contributed by atoms with Crippen molar-refractivity contribution in [2.75, 3.05) is 5.73 Å². The van der Waals surface area contributed by atoms with E-state index in [9.17, 15) is 4.79 Å². The molecule has 3 N–H and O–H groups in total. The van der Waals surface area contributed by atoms with Gasteiger partial charge in [0.1, 0.15) is 5.75 Å². The summed E-state index contributed by atoms with van der Waals surface area (Å²) in [7, 11) is 0. The fraction of sp³-hybridized carbons (Fsp3) is 0.417. The van der Waals surface area contributed by atoms with Crippen LogP contribution in [0.2, 0.25) is 0 Å². The Morgan fingerprint density at radius 1 is 1.41 bits per heavy atom. The van der Waals surface area contributed by atoms with Crippen LogP contribution in [0, 0.1) is 0 Å². The molecule has 1 atom stereocenters. The summed E-state index contributed by atoms with van der Waals surface area (Å²) in [6.07, 6.45) is -0.569. The number of nitrogens with two attached hydrogens (primary N) is 1. The van der Waals surface area contributed by atoms with Gasteiger partial charge in [-0.05, 0) is 39.0 Å². The third-order valence-electron chi connectivity index (χ3n) is 2.08. The number of nitrogens with one attached hydrogen (secondary N) is 1. The summed E-state index contributed by atoms with van der Waals surface area (Å²) in [5.74, 6) is 0.363. The van der Waals surface area contributed by atoms with Crippen LogP contribution in [0.3, 0.4) is 0 Å². The fourth-order valence-electron chi connectivity index (χ4n) is 1.27. The van der Waals surface area contributed by atoms with E-state index in [1.807, 2.05) is 19.9 Å². The molecule has 0 radical (unpaired) electrons. The van der Waals surface area contributed by atoms with E-state index in [-0.39, 0.29) is 11.9 Å². The summed E-state index contributed by atoms with van der Waals surface area (Å²) in [6, 6.07) is 5.38. The monoisotopic (exact) mass is 300 g/mol. The number of hydrogen-bond donors (Lipinski definition) is 2. The van der Waals surface area contributed by atoms with Gasteiger partial charge in [0.2, 0.25) is 0 Å². The maximum Gasteiger partial charge on any atom is 0.260 e. The Kier molecular flexibility index (Phi) is 4.81. The average Bonchev–Trinajstić information content (AvgIpc) is 2.21. The van der Waals surface area contributed by atoms with E-state index in [0.29, 0.717) is 11.4 Å². The highest BCUT2D eigenvalue weighted by atomic mass is 79.9. The SMILES string of the molecule is CC(C)NC(=O)C(C)Oc1ccc(Br)cc1N. The molecule has 1 unspecified atom stereocenters. The zero-order valence-electron chi connectivity index (χ0n) is 10.2. The predicted molar refractivity (Wildman–Crippen MR) is 71.9 cm³/mol. The van der Waals surface area contributed by atoms with Gasteiger partial charge < -0.3 is 15.8 Å². The number of hydrogen-bond acceptors (Lipinski definition) is 3. The Balaban J connectivity index is 2.67. The van der Waals surface area contributed by atoms with Crippen molar-refractivity contribution < 1.29 is 9.53 Å². The van der Waals surface area contributed by atoms with E-state index >= 15 is 0 Å². The minimum absolute atomic E-state index is 0.0933. The summed E-state index contributed by atoms with van der Waals surface area (Å²) < 4.78 is 6.38. The lowest BCUT2D eigenvalue weighted by atomic mass is 10.3. The van der Waals surface area contributed by atoms with Crippen LogP contribution < -0.4 is 15.8 Å². The maximum absolute atomic E-state index is 11.6. The normalized spacial score (nSPS) is 12.3. The van der Waals surface area contributed by atoms with Crippen LogP contribution in [0.15, 0.2) is 22.7 Å². The van der Waals surface area contributed by atoms with Crippen LogP contribution in [-0.2, 0) is 4.79 Å². The van der Waals surface area contributed by atoms with Crippen LogP contribution >= 0.6 is 15.9 Å². The largest absolute Gasteiger partial charge is 0.479 e. The average molecular weight is 301 g/mol. The molecule has 0 aliphatic rings. The van der Waals surface area contributed by atoms with Crippen molar-refractivity contribution in [2.24, 2.45) is 0 Å². The molecule has 0 heterocycles. The number of benzene rings is 1. The van der Waals surface area contributed by atoms with E-state index in [1.165, 1.54) is 0 Å². The van der Waals surface area contributed by atoms with Gasteiger partial charge in [0.15, 0.2) is 6.10 Å². The first-order valence-corrected chi connectivity index (χ1v) is 6.21. The molecule has 0 saturated carbocycles. The van der Waals surface area contributed by atoms with Crippen molar-refractivity contribution in [3.8, 4) is 5.75 Å². The molecule has 1 rings (SSSR count). The number of nitrogen functional groups attached to an aromatic ring is 1. The molecule has 0 spiro atoms. The molecular formula is C12H17BrN2O2. The molecule has 1 aromatic rings. The smallest absolute Gasteiger partial charge is 0.260 e. The zero-order valence-corrected chi connectivity index (χ0v) is 11.7. The Bertz CT molecular complexity index is 407. The number of halogens is 1. The topological polar surface area (TPSA) is 64.3 Å². The first kappa shape index (κ1) is 13.8. The number of anilines is 1. The van der Waals surface area contributed by atoms with Crippen LogP contribution in [0.5, 0.6) is 5.75 Å². The molecule has 0 bridgehead atoms. The highest BCUT2D eigenvalue weighted by Crippen LogP contribution is 2.26. The highest BCUT2D eigenvalue weighted by Gasteiger charge is 2.16. The molecule has 17 heavy (non-hydrogen) atoms. The standard InChI is InChI=1S/C12H17BrN2O2/c1-7(2)15-12(16)8(3)17-11-5-4-9(13)6-10(11)14/h4-8H,14H2,1-3H3,(H,15,16). The van der Waals surface area contributed by atoms with Crippen molar-refractivity contribution >= 4 is 27.5 Å². The lowest BCUT2D eigenvalue weighted by molar-refractivity contribution is -0.127. The molecular weight excluding hydrogens is 284 g/mol. The Morgan fingerprint density at radius 2 is 2.06 bits per heavy atom. The van der Waals surface area contributed by atoms with Crippen LogP contribution in [0.1, 0.15) is 20.8 Å². The Labute approximate surface area is 110 Å². The molecule has 0 aliphatic heterocycles. The third kappa shape index (κ3) is 4.26.